The van der Waals surface area contributed by atoms with Gasteiger partial charge in [0, 0.05) is 13.2 Å². The van der Waals surface area contributed by atoms with Crippen molar-refractivity contribution < 1.29 is 24.4 Å². The predicted octanol–water partition coefficient (Wildman–Crippen LogP) is 1.22. The van der Waals surface area contributed by atoms with E-state index >= 15 is 0 Å². The van der Waals surface area contributed by atoms with Crippen LogP contribution in [0, 0.1) is 0 Å². The molecule has 0 aromatic rings. The molecule has 5 heteroatoms. The molecule has 2 N–H and O–H groups in total. The van der Waals surface area contributed by atoms with Crippen LogP contribution in [0.3, 0.4) is 0 Å². The Morgan fingerprint density at radius 3 is 2.11 bits per heavy atom. The van der Waals surface area contributed by atoms with E-state index in [-0.39, 0.29) is 12.7 Å². The Balaban J connectivity index is 0. The first-order valence-corrected chi connectivity index (χ1v) is 6.71. The quantitative estimate of drug-likeness (QED) is 0.550. The summed E-state index contributed by atoms with van der Waals surface area (Å²) in [5.74, 6) is 0. The molecule has 0 fully saturated rings. The van der Waals surface area contributed by atoms with Gasteiger partial charge in [-0.2, -0.15) is 0 Å². The molecule has 0 aliphatic carbocycles. The maximum atomic E-state index is 8.73. The van der Waals surface area contributed by atoms with Gasteiger partial charge in [-0.3, -0.25) is 0 Å². The van der Waals surface area contributed by atoms with Crippen LogP contribution in [0.4, 0.5) is 0 Å². The highest BCUT2D eigenvalue weighted by atomic mass is 16.5. The number of rotatable bonds is 11. The molecule has 0 bridgehead atoms. The van der Waals surface area contributed by atoms with Crippen LogP contribution in [0.25, 0.3) is 0 Å². The molecule has 0 saturated carbocycles. The van der Waals surface area contributed by atoms with Gasteiger partial charge in [-0.1, -0.05) is 13.3 Å². The molecule has 0 heterocycles. The third-order valence-corrected chi connectivity index (χ3v) is 1.81. The van der Waals surface area contributed by atoms with Gasteiger partial charge in [-0.15, -0.1) is 0 Å². The van der Waals surface area contributed by atoms with Crippen molar-refractivity contribution in [2.24, 2.45) is 0 Å². The summed E-state index contributed by atoms with van der Waals surface area (Å²) >= 11 is 0. The number of aliphatic hydroxyl groups excluding tert-OH is 2. The molecule has 112 valence electrons. The van der Waals surface area contributed by atoms with Crippen molar-refractivity contribution in [2.75, 3.05) is 46.2 Å². The average Bonchev–Trinajstić information content (AvgIpc) is 2.35. The highest BCUT2D eigenvalue weighted by Gasteiger charge is 1.92. The monoisotopic (exact) mass is 266 g/mol. The van der Waals surface area contributed by atoms with E-state index in [1.807, 2.05) is 6.92 Å². The summed E-state index contributed by atoms with van der Waals surface area (Å²) in [5.41, 5.74) is 0. The van der Waals surface area contributed by atoms with Crippen LogP contribution in [0.5, 0.6) is 0 Å². The first kappa shape index (κ1) is 20.1. The van der Waals surface area contributed by atoms with Gasteiger partial charge in [-0.05, 0) is 20.3 Å². The fourth-order valence-corrected chi connectivity index (χ4v) is 0.929. The molecule has 1 unspecified atom stereocenters. The Hall–Kier alpha value is -0.200. The van der Waals surface area contributed by atoms with Crippen molar-refractivity contribution in [1.82, 2.24) is 0 Å². The van der Waals surface area contributed by atoms with E-state index in [2.05, 4.69) is 6.92 Å². The lowest BCUT2D eigenvalue weighted by atomic mass is 10.4. The number of unbranched alkanes of at least 4 members (excludes halogenated alkanes) is 1. The highest BCUT2D eigenvalue weighted by Crippen LogP contribution is 1.89. The number of ether oxygens (including phenoxy) is 3. The summed E-state index contributed by atoms with van der Waals surface area (Å²) in [6, 6.07) is 0. The number of hydrogen-bond donors (Lipinski definition) is 2. The Morgan fingerprint density at radius 2 is 1.61 bits per heavy atom. The maximum Gasteiger partial charge on any atom is 0.0745 e. The second kappa shape index (κ2) is 19.1. The molecular formula is C13H30O5. The van der Waals surface area contributed by atoms with E-state index < -0.39 is 0 Å². The highest BCUT2D eigenvalue weighted by molar-refractivity contribution is 4.41. The molecule has 0 aliphatic heterocycles. The van der Waals surface area contributed by atoms with Crippen molar-refractivity contribution >= 4 is 0 Å². The van der Waals surface area contributed by atoms with Crippen LogP contribution in [0.15, 0.2) is 0 Å². The number of hydrogen-bond acceptors (Lipinski definition) is 5. The first-order chi connectivity index (χ1) is 8.68. The van der Waals surface area contributed by atoms with E-state index in [0.717, 1.165) is 26.1 Å². The summed E-state index contributed by atoms with van der Waals surface area (Å²) in [4.78, 5) is 0. The van der Waals surface area contributed by atoms with Gasteiger partial charge in [0.25, 0.3) is 0 Å². The van der Waals surface area contributed by atoms with Gasteiger partial charge in [0.15, 0.2) is 0 Å². The van der Waals surface area contributed by atoms with Crippen molar-refractivity contribution in [2.45, 2.75) is 39.7 Å². The Kier molecular flexibility index (Phi) is 21.4. The summed E-state index contributed by atoms with van der Waals surface area (Å²) < 4.78 is 15.0. The zero-order valence-corrected chi connectivity index (χ0v) is 12.1. The molecule has 0 aromatic carbocycles. The minimum Gasteiger partial charge on any atom is -0.394 e. The molecule has 0 aromatic heterocycles. The van der Waals surface area contributed by atoms with Crippen LogP contribution in [-0.4, -0.2) is 62.6 Å². The Bertz CT molecular complexity index is 125. The summed E-state index contributed by atoms with van der Waals surface area (Å²) in [6.45, 7) is 9.46. The normalized spacial score (nSPS) is 11.8. The van der Waals surface area contributed by atoms with Crippen LogP contribution in [-0.2, 0) is 14.2 Å². The molecular weight excluding hydrogens is 236 g/mol. The average molecular weight is 266 g/mol. The van der Waals surface area contributed by atoms with E-state index in [1.54, 1.807) is 6.92 Å². The van der Waals surface area contributed by atoms with Gasteiger partial charge >= 0.3 is 0 Å². The third kappa shape index (κ3) is 24.9. The van der Waals surface area contributed by atoms with Crippen molar-refractivity contribution in [3.63, 3.8) is 0 Å². The standard InChI is InChI=1S/C7H16O2.C6H14O3/c1-3-4-5-9-6-7(2)8;1-2-8-5-6-9-4-3-7/h7-8H,3-6H2,1-2H3;7H,2-6H2,1H3. The Labute approximate surface area is 111 Å². The second-order valence-electron chi connectivity index (χ2n) is 3.81. The van der Waals surface area contributed by atoms with E-state index in [9.17, 15) is 0 Å². The van der Waals surface area contributed by atoms with Gasteiger partial charge < -0.3 is 24.4 Å². The smallest absolute Gasteiger partial charge is 0.0745 e. The van der Waals surface area contributed by atoms with Crippen LogP contribution in [0.1, 0.15) is 33.6 Å². The van der Waals surface area contributed by atoms with Gasteiger partial charge in [0.1, 0.15) is 0 Å². The molecule has 0 saturated heterocycles. The summed E-state index contributed by atoms with van der Waals surface area (Å²) in [7, 11) is 0. The molecule has 0 spiro atoms. The van der Waals surface area contributed by atoms with Crippen LogP contribution in [0.2, 0.25) is 0 Å². The van der Waals surface area contributed by atoms with E-state index in [0.29, 0.717) is 26.4 Å². The predicted molar refractivity (Wildman–Crippen MR) is 71.8 cm³/mol. The second-order valence-corrected chi connectivity index (χ2v) is 3.81. The lowest BCUT2D eigenvalue weighted by Gasteiger charge is -2.03. The molecule has 0 radical (unpaired) electrons. The van der Waals surface area contributed by atoms with Crippen LogP contribution < -0.4 is 0 Å². The van der Waals surface area contributed by atoms with Crippen molar-refractivity contribution in [3.8, 4) is 0 Å². The first-order valence-electron chi connectivity index (χ1n) is 6.71. The van der Waals surface area contributed by atoms with Crippen molar-refractivity contribution in [1.29, 1.82) is 0 Å². The largest absolute Gasteiger partial charge is 0.394 e. The van der Waals surface area contributed by atoms with Crippen LogP contribution >= 0.6 is 0 Å². The van der Waals surface area contributed by atoms with Gasteiger partial charge in [0.05, 0.1) is 39.1 Å². The maximum absolute atomic E-state index is 8.73. The zero-order valence-electron chi connectivity index (χ0n) is 12.1. The molecule has 0 rings (SSSR count). The minimum absolute atomic E-state index is 0.0894. The van der Waals surface area contributed by atoms with Crippen molar-refractivity contribution in [3.05, 3.63) is 0 Å². The lowest BCUT2D eigenvalue weighted by Crippen LogP contribution is -2.10. The molecule has 0 aliphatic rings. The van der Waals surface area contributed by atoms with E-state index in [1.165, 1.54) is 0 Å². The summed E-state index contributed by atoms with van der Waals surface area (Å²) in [6.07, 6.45) is 1.92. The lowest BCUT2D eigenvalue weighted by molar-refractivity contribution is 0.0370. The molecule has 0 amide bonds. The van der Waals surface area contributed by atoms with Gasteiger partial charge in [-0.25, -0.2) is 0 Å². The number of aliphatic hydroxyl groups is 2. The fraction of sp³-hybridized carbons (Fsp3) is 1.00. The summed E-state index contributed by atoms with van der Waals surface area (Å²) in [5, 5.41) is 17.0. The zero-order chi connectivity index (χ0) is 14.1. The Morgan fingerprint density at radius 1 is 0.944 bits per heavy atom. The topological polar surface area (TPSA) is 68.2 Å². The molecule has 18 heavy (non-hydrogen) atoms. The fourth-order valence-electron chi connectivity index (χ4n) is 0.929. The SMILES string of the molecule is CCCCOCC(C)O.CCOCCOCCO. The third-order valence-electron chi connectivity index (χ3n) is 1.81. The molecule has 5 nitrogen and oxygen atoms in total. The van der Waals surface area contributed by atoms with Gasteiger partial charge in [0.2, 0.25) is 0 Å². The van der Waals surface area contributed by atoms with E-state index in [4.69, 9.17) is 24.4 Å². The molecule has 1 atom stereocenters. The minimum atomic E-state index is -0.318.